The van der Waals surface area contributed by atoms with Crippen molar-refractivity contribution in [1.29, 1.82) is 0 Å². The van der Waals surface area contributed by atoms with Gasteiger partial charge in [-0.1, -0.05) is 30.3 Å². The van der Waals surface area contributed by atoms with E-state index in [0.717, 1.165) is 26.2 Å². The van der Waals surface area contributed by atoms with Crippen molar-refractivity contribution in [3.8, 4) is 0 Å². The van der Waals surface area contributed by atoms with Crippen LogP contribution < -0.4 is 10.7 Å². The minimum absolute atomic E-state index is 0.225. The molecule has 0 aliphatic carbocycles. The molecular formula is C17H27N3O2. The second-order valence-electron chi connectivity index (χ2n) is 5.80. The van der Waals surface area contributed by atoms with Crippen LogP contribution in [-0.2, 0) is 16.1 Å². The van der Waals surface area contributed by atoms with E-state index in [4.69, 9.17) is 4.74 Å². The Morgan fingerprint density at radius 1 is 1.32 bits per heavy atom. The zero-order valence-corrected chi connectivity index (χ0v) is 13.4. The van der Waals surface area contributed by atoms with Gasteiger partial charge in [-0.15, -0.1) is 0 Å². The second-order valence-corrected chi connectivity index (χ2v) is 5.80. The van der Waals surface area contributed by atoms with Crippen molar-refractivity contribution in [2.24, 2.45) is 0 Å². The normalized spacial score (nSPS) is 22.0. The van der Waals surface area contributed by atoms with Gasteiger partial charge in [-0.25, -0.2) is 5.01 Å². The number of ketones is 1. The molecule has 5 nitrogen and oxygen atoms in total. The third-order valence-electron chi connectivity index (χ3n) is 3.69. The number of hydrazine groups is 1. The summed E-state index contributed by atoms with van der Waals surface area (Å²) in [5.41, 5.74) is 4.72. The molecular weight excluding hydrogens is 278 g/mol. The zero-order valence-electron chi connectivity index (χ0n) is 13.4. The van der Waals surface area contributed by atoms with Crippen LogP contribution in [0.25, 0.3) is 0 Å². The van der Waals surface area contributed by atoms with E-state index in [9.17, 15) is 4.79 Å². The minimum atomic E-state index is 0.225. The van der Waals surface area contributed by atoms with Crippen LogP contribution in [0.15, 0.2) is 30.3 Å². The quantitative estimate of drug-likeness (QED) is 0.879. The standard InChI is InChI=1S/C10H14N2.C7H13NO2/c1-2-5-10(6-3-1)9-12-8-4-7-11-12;1-6(9)4-7-5-10-3-2-8-7/h1-3,5-6,11H,4,7-9H2;7-8H,2-5H2,1H3. The van der Waals surface area contributed by atoms with Gasteiger partial charge in [0.25, 0.3) is 0 Å². The maximum absolute atomic E-state index is 10.6. The lowest BCUT2D eigenvalue weighted by Crippen LogP contribution is -2.42. The van der Waals surface area contributed by atoms with Crippen LogP contribution in [0.2, 0.25) is 0 Å². The fourth-order valence-corrected chi connectivity index (χ4v) is 2.62. The zero-order chi connectivity index (χ0) is 15.6. The maximum Gasteiger partial charge on any atom is 0.131 e. The predicted molar refractivity (Wildman–Crippen MR) is 87.4 cm³/mol. The molecule has 2 N–H and O–H groups in total. The molecule has 2 saturated heterocycles. The fraction of sp³-hybridized carbons (Fsp3) is 0.588. The average Bonchev–Trinajstić information content (AvgIpc) is 3.02. The van der Waals surface area contributed by atoms with Gasteiger partial charge in [-0.3, -0.25) is 10.2 Å². The van der Waals surface area contributed by atoms with Crippen molar-refractivity contribution in [1.82, 2.24) is 15.8 Å². The Bertz CT molecular complexity index is 427. The van der Waals surface area contributed by atoms with E-state index < -0.39 is 0 Å². The molecule has 1 unspecified atom stereocenters. The first kappa shape index (κ1) is 17.1. The maximum atomic E-state index is 10.6. The van der Waals surface area contributed by atoms with Crippen LogP contribution in [-0.4, -0.2) is 49.7 Å². The van der Waals surface area contributed by atoms with Crippen LogP contribution in [0.1, 0.15) is 25.3 Å². The third kappa shape index (κ3) is 6.66. The Kier molecular flexibility index (Phi) is 7.53. The summed E-state index contributed by atoms with van der Waals surface area (Å²) in [7, 11) is 0. The molecule has 1 aromatic rings. The van der Waals surface area contributed by atoms with E-state index in [-0.39, 0.29) is 11.8 Å². The van der Waals surface area contributed by atoms with Crippen molar-refractivity contribution in [2.45, 2.75) is 32.4 Å². The molecule has 0 amide bonds. The SMILES string of the molecule is CC(=O)CC1COCCN1.c1ccc(CN2CCCN2)cc1. The van der Waals surface area contributed by atoms with Gasteiger partial charge in [-0.2, -0.15) is 0 Å². The van der Waals surface area contributed by atoms with Crippen LogP contribution >= 0.6 is 0 Å². The molecule has 3 rings (SSSR count). The number of hydrogen-bond donors (Lipinski definition) is 2. The molecule has 0 radical (unpaired) electrons. The summed E-state index contributed by atoms with van der Waals surface area (Å²) >= 11 is 0. The van der Waals surface area contributed by atoms with E-state index in [2.05, 4.69) is 46.1 Å². The van der Waals surface area contributed by atoms with Gasteiger partial charge in [0.15, 0.2) is 0 Å². The molecule has 0 bridgehead atoms. The monoisotopic (exact) mass is 305 g/mol. The summed E-state index contributed by atoms with van der Waals surface area (Å²) in [4.78, 5) is 10.6. The highest BCUT2D eigenvalue weighted by atomic mass is 16.5. The first-order valence-corrected chi connectivity index (χ1v) is 8.07. The Morgan fingerprint density at radius 3 is 2.73 bits per heavy atom. The molecule has 2 aliphatic rings. The van der Waals surface area contributed by atoms with Crippen molar-refractivity contribution < 1.29 is 9.53 Å². The van der Waals surface area contributed by atoms with Crippen LogP contribution in [0.3, 0.4) is 0 Å². The van der Waals surface area contributed by atoms with Crippen molar-refractivity contribution in [3.05, 3.63) is 35.9 Å². The van der Waals surface area contributed by atoms with Crippen molar-refractivity contribution in [3.63, 3.8) is 0 Å². The molecule has 2 aliphatic heterocycles. The number of morpholine rings is 1. The Labute approximate surface area is 133 Å². The molecule has 2 fully saturated rings. The van der Waals surface area contributed by atoms with E-state index in [0.29, 0.717) is 13.0 Å². The number of benzene rings is 1. The molecule has 0 aromatic heterocycles. The topological polar surface area (TPSA) is 53.6 Å². The predicted octanol–water partition coefficient (Wildman–Crippen LogP) is 1.35. The minimum Gasteiger partial charge on any atom is -0.379 e. The van der Waals surface area contributed by atoms with Crippen molar-refractivity contribution >= 4 is 5.78 Å². The lowest BCUT2D eigenvalue weighted by molar-refractivity contribution is -0.118. The number of ether oxygens (including phenoxy) is 1. The van der Waals surface area contributed by atoms with Gasteiger partial charge in [0.2, 0.25) is 0 Å². The summed E-state index contributed by atoms with van der Waals surface area (Å²) in [5.74, 6) is 0.225. The second kappa shape index (κ2) is 9.69. The average molecular weight is 305 g/mol. The van der Waals surface area contributed by atoms with Gasteiger partial charge in [0, 0.05) is 38.6 Å². The van der Waals surface area contributed by atoms with Gasteiger partial charge < -0.3 is 10.1 Å². The number of hydrogen-bond acceptors (Lipinski definition) is 5. The van der Waals surface area contributed by atoms with E-state index >= 15 is 0 Å². The number of Topliss-reactive ketones (excluding diaryl/α,β-unsaturated/α-hetero) is 1. The summed E-state index contributed by atoms with van der Waals surface area (Å²) < 4.78 is 5.17. The Hall–Kier alpha value is -1.27. The number of carbonyl (C=O) groups excluding carboxylic acids is 1. The summed E-state index contributed by atoms with van der Waals surface area (Å²) in [6, 6.07) is 10.8. The number of carbonyl (C=O) groups is 1. The van der Waals surface area contributed by atoms with Crippen LogP contribution in [0.4, 0.5) is 0 Å². The fourth-order valence-electron chi connectivity index (χ4n) is 2.62. The molecule has 0 spiro atoms. The Morgan fingerprint density at radius 2 is 2.14 bits per heavy atom. The highest BCUT2D eigenvalue weighted by molar-refractivity contribution is 5.76. The largest absolute Gasteiger partial charge is 0.379 e. The first-order chi connectivity index (χ1) is 10.7. The molecule has 0 saturated carbocycles. The molecule has 5 heteroatoms. The van der Waals surface area contributed by atoms with Crippen LogP contribution in [0.5, 0.6) is 0 Å². The van der Waals surface area contributed by atoms with E-state index in [1.54, 1.807) is 6.92 Å². The van der Waals surface area contributed by atoms with E-state index in [1.807, 2.05) is 0 Å². The van der Waals surface area contributed by atoms with Crippen LogP contribution in [0, 0.1) is 0 Å². The highest BCUT2D eigenvalue weighted by Crippen LogP contribution is 2.05. The van der Waals surface area contributed by atoms with Gasteiger partial charge in [-0.05, 0) is 18.9 Å². The molecule has 1 atom stereocenters. The Balaban J connectivity index is 0.000000164. The first-order valence-electron chi connectivity index (χ1n) is 8.07. The lowest BCUT2D eigenvalue weighted by atomic mass is 10.1. The smallest absolute Gasteiger partial charge is 0.131 e. The summed E-state index contributed by atoms with van der Waals surface area (Å²) in [5, 5.41) is 5.48. The lowest BCUT2D eigenvalue weighted by Gasteiger charge is -2.22. The third-order valence-corrected chi connectivity index (χ3v) is 3.69. The molecule has 1 aromatic carbocycles. The van der Waals surface area contributed by atoms with E-state index in [1.165, 1.54) is 18.5 Å². The molecule has 122 valence electrons. The number of nitrogens with zero attached hydrogens (tertiary/aromatic N) is 1. The van der Waals surface area contributed by atoms with Gasteiger partial charge >= 0.3 is 0 Å². The summed E-state index contributed by atoms with van der Waals surface area (Å²) in [6.07, 6.45) is 1.87. The highest BCUT2D eigenvalue weighted by Gasteiger charge is 2.13. The van der Waals surface area contributed by atoms with Gasteiger partial charge in [0.1, 0.15) is 5.78 Å². The number of rotatable bonds is 4. The number of nitrogens with one attached hydrogen (secondary N) is 2. The molecule has 22 heavy (non-hydrogen) atoms. The van der Waals surface area contributed by atoms with Crippen molar-refractivity contribution in [2.75, 3.05) is 32.8 Å². The molecule has 2 heterocycles. The van der Waals surface area contributed by atoms with Gasteiger partial charge in [0.05, 0.1) is 13.2 Å². The summed E-state index contributed by atoms with van der Waals surface area (Å²) in [6.45, 7) is 7.27.